The van der Waals surface area contributed by atoms with Gasteiger partial charge in [-0.1, -0.05) is 0 Å². The van der Waals surface area contributed by atoms with Crippen LogP contribution in [0.3, 0.4) is 0 Å². The van der Waals surface area contributed by atoms with Gasteiger partial charge in [0.05, 0.1) is 38.5 Å². The molecular weight excluding hydrogens is 218 g/mol. The summed E-state index contributed by atoms with van der Waals surface area (Å²) in [4.78, 5) is 6.99. The van der Waals surface area contributed by atoms with Crippen molar-refractivity contribution in [2.45, 2.75) is 6.54 Å². The van der Waals surface area contributed by atoms with Gasteiger partial charge in [0.15, 0.2) is 0 Å². The van der Waals surface area contributed by atoms with E-state index in [-0.39, 0.29) is 0 Å². The molecule has 5 heteroatoms. The quantitative estimate of drug-likeness (QED) is 0.829. The Morgan fingerprint density at radius 1 is 1.29 bits per heavy atom. The molecule has 0 aliphatic rings. The Balaban J connectivity index is 2.12. The molecular formula is C12H15N3O2. The van der Waals surface area contributed by atoms with Gasteiger partial charge >= 0.3 is 0 Å². The monoisotopic (exact) mass is 233 g/mol. The molecule has 1 heterocycles. The Morgan fingerprint density at radius 2 is 2.18 bits per heavy atom. The van der Waals surface area contributed by atoms with Crippen LogP contribution in [0, 0.1) is 0 Å². The van der Waals surface area contributed by atoms with Gasteiger partial charge in [-0.15, -0.1) is 0 Å². The number of ether oxygens (including phenoxy) is 2. The number of aromatic amines is 1. The van der Waals surface area contributed by atoms with E-state index in [2.05, 4.69) is 15.3 Å². The fraction of sp³-hybridized carbons (Fsp3) is 0.250. The molecule has 0 amide bonds. The molecule has 2 rings (SSSR count). The second-order valence-corrected chi connectivity index (χ2v) is 3.50. The molecule has 0 aliphatic carbocycles. The van der Waals surface area contributed by atoms with Crippen LogP contribution in [0.25, 0.3) is 0 Å². The number of rotatable bonds is 5. The fourth-order valence-corrected chi connectivity index (χ4v) is 1.52. The lowest BCUT2D eigenvalue weighted by atomic mass is 10.2. The van der Waals surface area contributed by atoms with Crippen molar-refractivity contribution in [2.75, 3.05) is 19.5 Å². The topological polar surface area (TPSA) is 59.2 Å². The Labute approximate surface area is 99.8 Å². The van der Waals surface area contributed by atoms with Gasteiger partial charge in [0.1, 0.15) is 11.5 Å². The molecule has 0 radical (unpaired) electrons. The fourth-order valence-electron chi connectivity index (χ4n) is 1.52. The molecule has 90 valence electrons. The lowest BCUT2D eigenvalue weighted by molar-refractivity contribution is 0.404. The number of methoxy groups -OCH3 is 2. The lowest BCUT2D eigenvalue weighted by Crippen LogP contribution is -2.02. The molecule has 0 saturated carbocycles. The maximum atomic E-state index is 5.27. The summed E-state index contributed by atoms with van der Waals surface area (Å²) < 4.78 is 10.4. The Bertz CT molecular complexity index is 469. The molecule has 1 aromatic carbocycles. The van der Waals surface area contributed by atoms with Crippen LogP contribution in [-0.2, 0) is 6.54 Å². The van der Waals surface area contributed by atoms with E-state index in [9.17, 15) is 0 Å². The number of aromatic nitrogens is 2. The van der Waals surface area contributed by atoms with Crippen molar-refractivity contribution in [1.29, 1.82) is 0 Å². The summed E-state index contributed by atoms with van der Waals surface area (Å²) in [5.74, 6) is 1.57. The second-order valence-electron chi connectivity index (χ2n) is 3.50. The van der Waals surface area contributed by atoms with Gasteiger partial charge in [0, 0.05) is 12.3 Å². The second kappa shape index (κ2) is 5.25. The highest BCUT2D eigenvalue weighted by Crippen LogP contribution is 2.29. The molecule has 5 nitrogen and oxygen atoms in total. The lowest BCUT2D eigenvalue weighted by Gasteiger charge is -2.11. The Morgan fingerprint density at radius 3 is 2.82 bits per heavy atom. The summed E-state index contributed by atoms with van der Waals surface area (Å²) in [6.45, 7) is 0.656. The number of anilines is 1. The molecule has 0 spiro atoms. The van der Waals surface area contributed by atoms with Crippen molar-refractivity contribution >= 4 is 5.69 Å². The van der Waals surface area contributed by atoms with Crippen molar-refractivity contribution < 1.29 is 9.47 Å². The minimum Gasteiger partial charge on any atom is -0.497 e. The number of nitrogens with one attached hydrogen (secondary N) is 2. The van der Waals surface area contributed by atoms with Crippen molar-refractivity contribution in [3.05, 3.63) is 36.4 Å². The predicted molar refractivity (Wildman–Crippen MR) is 65.5 cm³/mol. The number of nitrogens with zero attached hydrogens (tertiary/aromatic N) is 1. The zero-order valence-corrected chi connectivity index (χ0v) is 9.86. The molecule has 17 heavy (non-hydrogen) atoms. The van der Waals surface area contributed by atoms with Crippen molar-refractivity contribution in [1.82, 2.24) is 9.97 Å². The van der Waals surface area contributed by atoms with Crippen LogP contribution < -0.4 is 14.8 Å². The van der Waals surface area contributed by atoms with E-state index in [0.29, 0.717) is 6.54 Å². The van der Waals surface area contributed by atoms with Crippen LogP contribution in [0.1, 0.15) is 5.69 Å². The van der Waals surface area contributed by atoms with E-state index in [0.717, 1.165) is 22.9 Å². The number of H-pyrrole nitrogens is 1. The number of hydrogen-bond donors (Lipinski definition) is 2. The number of hydrogen-bond acceptors (Lipinski definition) is 4. The van der Waals surface area contributed by atoms with E-state index >= 15 is 0 Å². The molecule has 0 fully saturated rings. The maximum Gasteiger partial charge on any atom is 0.142 e. The van der Waals surface area contributed by atoms with Gasteiger partial charge in [0.25, 0.3) is 0 Å². The van der Waals surface area contributed by atoms with Crippen LogP contribution >= 0.6 is 0 Å². The maximum absolute atomic E-state index is 5.27. The molecule has 0 saturated heterocycles. The molecule has 0 aliphatic heterocycles. The number of benzene rings is 1. The first-order chi connectivity index (χ1) is 8.33. The third kappa shape index (κ3) is 2.69. The van der Waals surface area contributed by atoms with Gasteiger partial charge in [-0.25, -0.2) is 4.98 Å². The first-order valence-corrected chi connectivity index (χ1v) is 5.26. The van der Waals surface area contributed by atoms with E-state index in [1.807, 2.05) is 18.2 Å². The molecule has 0 atom stereocenters. The van der Waals surface area contributed by atoms with Crippen LogP contribution in [0.5, 0.6) is 11.5 Å². The highest BCUT2D eigenvalue weighted by atomic mass is 16.5. The summed E-state index contributed by atoms with van der Waals surface area (Å²) in [6, 6.07) is 5.63. The van der Waals surface area contributed by atoms with E-state index in [4.69, 9.17) is 9.47 Å². The largest absolute Gasteiger partial charge is 0.497 e. The molecule has 1 aromatic heterocycles. The van der Waals surface area contributed by atoms with Gasteiger partial charge < -0.3 is 19.8 Å². The van der Waals surface area contributed by atoms with Crippen molar-refractivity contribution in [3.8, 4) is 11.5 Å². The average Bonchev–Trinajstić information content (AvgIpc) is 2.89. The highest BCUT2D eigenvalue weighted by Gasteiger charge is 2.04. The minimum atomic E-state index is 0.656. The van der Waals surface area contributed by atoms with E-state index < -0.39 is 0 Å². The zero-order valence-electron chi connectivity index (χ0n) is 9.86. The zero-order chi connectivity index (χ0) is 12.1. The Kier molecular flexibility index (Phi) is 3.49. The number of imidazole rings is 1. The average molecular weight is 233 g/mol. The highest BCUT2D eigenvalue weighted by molar-refractivity contribution is 5.59. The Hall–Kier alpha value is -2.17. The van der Waals surface area contributed by atoms with Crippen molar-refractivity contribution in [3.63, 3.8) is 0 Å². The summed E-state index contributed by atoms with van der Waals surface area (Å²) >= 11 is 0. The minimum absolute atomic E-state index is 0.656. The van der Waals surface area contributed by atoms with E-state index in [1.165, 1.54) is 0 Å². The third-order valence-corrected chi connectivity index (χ3v) is 2.43. The molecule has 2 aromatic rings. The van der Waals surface area contributed by atoms with Gasteiger partial charge in [-0.2, -0.15) is 0 Å². The summed E-state index contributed by atoms with van der Waals surface area (Å²) in [7, 11) is 3.28. The normalized spacial score (nSPS) is 10.0. The van der Waals surface area contributed by atoms with Gasteiger partial charge in [0.2, 0.25) is 0 Å². The summed E-state index contributed by atoms with van der Waals surface area (Å²) in [5, 5.41) is 3.27. The third-order valence-electron chi connectivity index (χ3n) is 2.43. The van der Waals surface area contributed by atoms with Crippen LogP contribution in [0.15, 0.2) is 30.7 Å². The van der Waals surface area contributed by atoms with Gasteiger partial charge in [-0.3, -0.25) is 0 Å². The van der Waals surface area contributed by atoms with Crippen LogP contribution in [0.4, 0.5) is 5.69 Å². The van der Waals surface area contributed by atoms with Gasteiger partial charge in [-0.05, 0) is 12.1 Å². The first kappa shape index (κ1) is 11.3. The standard InChI is InChI=1S/C12H15N3O2/c1-16-10-3-4-12(17-2)11(5-10)14-7-9-6-13-8-15-9/h3-6,8,14H,7H2,1-2H3,(H,13,15). The summed E-state index contributed by atoms with van der Waals surface area (Å²) in [6.07, 6.45) is 3.43. The van der Waals surface area contributed by atoms with Crippen molar-refractivity contribution in [2.24, 2.45) is 0 Å². The summed E-state index contributed by atoms with van der Waals surface area (Å²) in [5.41, 5.74) is 1.90. The SMILES string of the molecule is COc1ccc(OC)c(NCc2cnc[nH]2)c1. The molecule has 0 unspecified atom stereocenters. The smallest absolute Gasteiger partial charge is 0.142 e. The molecule has 0 bridgehead atoms. The molecule has 2 N–H and O–H groups in total. The van der Waals surface area contributed by atoms with Crippen LogP contribution in [0.2, 0.25) is 0 Å². The first-order valence-electron chi connectivity index (χ1n) is 5.26. The van der Waals surface area contributed by atoms with Crippen LogP contribution in [-0.4, -0.2) is 24.2 Å². The van der Waals surface area contributed by atoms with E-state index in [1.54, 1.807) is 26.7 Å². The predicted octanol–water partition coefficient (Wildman–Crippen LogP) is 2.04.